The van der Waals surface area contributed by atoms with E-state index >= 15 is 0 Å². The van der Waals surface area contributed by atoms with Crippen molar-refractivity contribution in [2.24, 2.45) is 0 Å². The fraction of sp³-hybridized carbons (Fsp3) is 0.429. The molecule has 0 fully saturated rings. The van der Waals surface area contributed by atoms with Crippen LogP contribution in [0.25, 0.3) is 10.9 Å². The lowest BCUT2D eigenvalue weighted by Crippen LogP contribution is -2.15. The number of aromatic nitrogens is 1. The van der Waals surface area contributed by atoms with Crippen LogP contribution in [0.3, 0.4) is 0 Å². The standard InChI is InChI=1S/C14H16ClF3N2/c15-11-3-4-12-10(9-20-13(12)7-11)8-19-6-2-1-5-14(16,17)18/h3-4,7,9,19-20H,1-2,5-6,8H2. The highest BCUT2D eigenvalue weighted by molar-refractivity contribution is 6.31. The van der Waals surface area contributed by atoms with E-state index in [1.165, 1.54) is 0 Å². The van der Waals surface area contributed by atoms with Gasteiger partial charge < -0.3 is 10.3 Å². The number of nitrogens with one attached hydrogen (secondary N) is 2. The summed E-state index contributed by atoms with van der Waals surface area (Å²) in [6.07, 6.45) is -2.17. The van der Waals surface area contributed by atoms with Gasteiger partial charge in [-0.2, -0.15) is 13.2 Å². The summed E-state index contributed by atoms with van der Waals surface area (Å²) < 4.78 is 35.9. The number of hydrogen-bond acceptors (Lipinski definition) is 1. The van der Waals surface area contributed by atoms with Crippen LogP contribution < -0.4 is 5.32 Å². The lowest BCUT2D eigenvalue weighted by atomic mass is 10.1. The molecule has 0 aliphatic heterocycles. The van der Waals surface area contributed by atoms with Gasteiger partial charge in [-0.3, -0.25) is 0 Å². The molecule has 0 radical (unpaired) electrons. The van der Waals surface area contributed by atoms with E-state index in [2.05, 4.69) is 10.3 Å². The molecule has 20 heavy (non-hydrogen) atoms. The third-order valence-electron chi connectivity index (χ3n) is 3.11. The smallest absolute Gasteiger partial charge is 0.361 e. The fourth-order valence-corrected chi connectivity index (χ4v) is 2.28. The highest BCUT2D eigenvalue weighted by Crippen LogP contribution is 2.23. The van der Waals surface area contributed by atoms with E-state index in [0.717, 1.165) is 16.5 Å². The van der Waals surface area contributed by atoms with Crippen LogP contribution in [0, 0.1) is 0 Å². The molecule has 0 saturated heterocycles. The molecule has 2 nitrogen and oxygen atoms in total. The summed E-state index contributed by atoms with van der Waals surface area (Å²) >= 11 is 5.90. The number of benzene rings is 1. The molecule has 2 aromatic rings. The van der Waals surface area contributed by atoms with Crippen LogP contribution in [0.15, 0.2) is 24.4 Å². The van der Waals surface area contributed by atoms with Crippen LogP contribution in [-0.2, 0) is 6.54 Å². The van der Waals surface area contributed by atoms with Gasteiger partial charge in [-0.05, 0) is 37.1 Å². The molecule has 0 aliphatic rings. The number of H-pyrrole nitrogens is 1. The molecule has 6 heteroatoms. The van der Waals surface area contributed by atoms with Gasteiger partial charge in [-0.25, -0.2) is 0 Å². The van der Waals surface area contributed by atoms with Crippen LogP contribution in [0.5, 0.6) is 0 Å². The molecule has 0 bridgehead atoms. The molecule has 1 aromatic carbocycles. The van der Waals surface area contributed by atoms with Crippen molar-refractivity contribution in [3.05, 3.63) is 35.0 Å². The van der Waals surface area contributed by atoms with Crippen molar-refractivity contribution in [3.8, 4) is 0 Å². The number of aromatic amines is 1. The summed E-state index contributed by atoms with van der Waals surface area (Å²) in [6, 6.07) is 5.61. The van der Waals surface area contributed by atoms with Gasteiger partial charge in [0.05, 0.1) is 0 Å². The van der Waals surface area contributed by atoms with Crippen LogP contribution in [0.1, 0.15) is 24.8 Å². The average Bonchev–Trinajstić information content (AvgIpc) is 2.74. The minimum Gasteiger partial charge on any atom is -0.361 e. The summed E-state index contributed by atoms with van der Waals surface area (Å²) in [5.74, 6) is 0. The zero-order valence-electron chi connectivity index (χ0n) is 10.9. The van der Waals surface area contributed by atoms with Gasteiger partial charge in [0.15, 0.2) is 0 Å². The fourth-order valence-electron chi connectivity index (χ4n) is 2.10. The Kier molecular flexibility index (Phi) is 4.94. The monoisotopic (exact) mass is 304 g/mol. The number of unbranched alkanes of at least 4 members (excludes halogenated alkanes) is 1. The van der Waals surface area contributed by atoms with Gasteiger partial charge in [-0.1, -0.05) is 17.7 Å². The summed E-state index contributed by atoms with van der Waals surface area (Å²) in [4.78, 5) is 3.13. The molecule has 0 spiro atoms. The molecule has 2 N–H and O–H groups in total. The van der Waals surface area contributed by atoms with Crippen molar-refractivity contribution in [2.45, 2.75) is 32.0 Å². The van der Waals surface area contributed by atoms with Crippen LogP contribution >= 0.6 is 11.6 Å². The first-order valence-corrected chi connectivity index (χ1v) is 6.86. The van der Waals surface area contributed by atoms with Crippen molar-refractivity contribution in [3.63, 3.8) is 0 Å². The first kappa shape index (κ1) is 15.2. The van der Waals surface area contributed by atoms with Crippen LogP contribution in [0.4, 0.5) is 13.2 Å². The normalized spacial score (nSPS) is 12.2. The number of fused-ring (bicyclic) bond motifs is 1. The topological polar surface area (TPSA) is 27.8 Å². The second-order valence-corrected chi connectivity index (χ2v) is 5.19. The minimum absolute atomic E-state index is 0.167. The number of hydrogen-bond donors (Lipinski definition) is 2. The Bertz CT molecular complexity index is 563. The van der Waals surface area contributed by atoms with E-state index in [-0.39, 0.29) is 6.42 Å². The molecule has 0 saturated carbocycles. The number of halogens is 4. The van der Waals surface area contributed by atoms with Gasteiger partial charge in [0, 0.05) is 35.1 Å². The van der Waals surface area contributed by atoms with Gasteiger partial charge in [0.25, 0.3) is 0 Å². The maximum atomic E-state index is 12.0. The molecule has 0 amide bonds. The molecule has 0 atom stereocenters. The Morgan fingerprint density at radius 1 is 1.20 bits per heavy atom. The Hall–Kier alpha value is -1.20. The van der Waals surface area contributed by atoms with E-state index in [0.29, 0.717) is 24.5 Å². The molecular formula is C14H16ClF3N2. The summed E-state index contributed by atoms with van der Waals surface area (Å²) in [7, 11) is 0. The summed E-state index contributed by atoms with van der Waals surface area (Å²) in [5.41, 5.74) is 2.05. The Morgan fingerprint density at radius 3 is 2.75 bits per heavy atom. The first-order chi connectivity index (χ1) is 9.46. The Morgan fingerprint density at radius 2 is 2.00 bits per heavy atom. The number of rotatable bonds is 6. The zero-order valence-corrected chi connectivity index (χ0v) is 11.6. The quantitative estimate of drug-likeness (QED) is 0.747. The molecule has 2 rings (SSSR count). The number of alkyl halides is 3. The van der Waals surface area contributed by atoms with Crippen molar-refractivity contribution in [1.29, 1.82) is 0 Å². The highest BCUT2D eigenvalue weighted by atomic mass is 35.5. The third-order valence-corrected chi connectivity index (χ3v) is 3.34. The highest BCUT2D eigenvalue weighted by Gasteiger charge is 2.25. The minimum atomic E-state index is -4.05. The molecular weight excluding hydrogens is 289 g/mol. The van der Waals surface area contributed by atoms with E-state index in [1.54, 1.807) is 0 Å². The van der Waals surface area contributed by atoms with Crippen molar-refractivity contribution in [1.82, 2.24) is 10.3 Å². The second kappa shape index (κ2) is 6.50. The second-order valence-electron chi connectivity index (χ2n) is 4.75. The van der Waals surface area contributed by atoms with Gasteiger partial charge in [0.2, 0.25) is 0 Å². The summed E-state index contributed by atoms with van der Waals surface area (Å²) in [5, 5.41) is 4.91. The Balaban J connectivity index is 1.76. The average molecular weight is 305 g/mol. The van der Waals surface area contributed by atoms with Gasteiger partial charge >= 0.3 is 6.18 Å². The van der Waals surface area contributed by atoms with E-state index in [9.17, 15) is 13.2 Å². The largest absolute Gasteiger partial charge is 0.389 e. The lowest BCUT2D eigenvalue weighted by molar-refractivity contribution is -0.135. The maximum Gasteiger partial charge on any atom is 0.389 e. The third kappa shape index (κ3) is 4.42. The van der Waals surface area contributed by atoms with Crippen molar-refractivity contribution >= 4 is 22.5 Å². The SMILES string of the molecule is FC(F)(F)CCCCNCc1c[nH]c2cc(Cl)ccc12. The summed E-state index contributed by atoms with van der Waals surface area (Å²) in [6.45, 7) is 1.21. The predicted molar refractivity (Wildman–Crippen MR) is 74.9 cm³/mol. The van der Waals surface area contributed by atoms with Crippen molar-refractivity contribution < 1.29 is 13.2 Å². The van der Waals surface area contributed by atoms with Gasteiger partial charge in [0.1, 0.15) is 0 Å². The molecule has 1 heterocycles. The first-order valence-electron chi connectivity index (χ1n) is 6.49. The maximum absolute atomic E-state index is 12.0. The molecule has 0 unspecified atom stereocenters. The molecule has 110 valence electrons. The lowest BCUT2D eigenvalue weighted by Gasteiger charge is -2.06. The molecule has 0 aliphatic carbocycles. The predicted octanol–water partition coefficient (Wildman–Crippen LogP) is 4.64. The van der Waals surface area contributed by atoms with Crippen LogP contribution in [-0.4, -0.2) is 17.7 Å². The Labute approximate surface area is 120 Å². The van der Waals surface area contributed by atoms with Crippen LogP contribution in [0.2, 0.25) is 5.02 Å². The molecule has 1 aromatic heterocycles. The van der Waals surface area contributed by atoms with Crippen molar-refractivity contribution in [2.75, 3.05) is 6.54 Å². The zero-order chi connectivity index (χ0) is 14.6. The van der Waals surface area contributed by atoms with E-state index in [4.69, 9.17) is 11.6 Å². The van der Waals surface area contributed by atoms with Gasteiger partial charge in [-0.15, -0.1) is 0 Å². The van der Waals surface area contributed by atoms with E-state index in [1.807, 2.05) is 24.4 Å². The van der Waals surface area contributed by atoms with E-state index < -0.39 is 12.6 Å².